The summed E-state index contributed by atoms with van der Waals surface area (Å²) in [7, 11) is 1.91. The lowest BCUT2D eigenvalue weighted by atomic mass is 9.97. The van der Waals surface area contributed by atoms with Crippen LogP contribution in [0.1, 0.15) is 19.8 Å². The lowest BCUT2D eigenvalue weighted by Gasteiger charge is -2.39. The third kappa shape index (κ3) is 4.26. The van der Waals surface area contributed by atoms with Crippen molar-refractivity contribution in [3.05, 3.63) is 22.7 Å². The van der Waals surface area contributed by atoms with Gasteiger partial charge >= 0.3 is 6.36 Å². The van der Waals surface area contributed by atoms with Crippen molar-refractivity contribution in [1.29, 1.82) is 0 Å². The van der Waals surface area contributed by atoms with Gasteiger partial charge in [0.25, 0.3) is 0 Å². The summed E-state index contributed by atoms with van der Waals surface area (Å²) in [6.07, 6.45) is -2.91. The van der Waals surface area contributed by atoms with Gasteiger partial charge in [0.2, 0.25) is 0 Å². The number of halogens is 4. The van der Waals surface area contributed by atoms with Crippen molar-refractivity contribution >= 4 is 21.6 Å². The fourth-order valence-electron chi connectivity index (χ4n) is 2.72. The van der Waals surface area contributed by atoms with Crippen molar-refractivity contribution in [3.8, 4) is 5.75 Å². The third-order valence-corrected chi connectivity index (χ3v) is 4.23. The zero-order chi connectivity index (χ0) is 15.6. The van der Waals surface area contributed by atoms with Crippen LogP contribution in [0, 0.1) is 0 Å². The summed E-state index contributed by atoms with van der Waals surface area (Å²) in [6.45, 7) is 2.71. The zero-order valence-corrected chi connectivity index (χ0v) is 13.5. The molecule has 0 saturated carbocycles. The lowest BCUT2D eigenvalue weighted by Crippen LogP contribution is -2.46. The summed E-state index contributed by atoms with van der Waals surface area (Å²) in [4.78, 5) is 1.97. The zero-order valence-electron chi connectivity index (χ0n) is 11.9. The number of hydrogen-bond donors (Lipinski definition) is 1. The topological polar surface area (TPSA) is 24.5 Å². The van der Waals surface area contributed by atoms with Crippen molar-refractivity contribution in [2.24, 2.45) is 0 Å². The van der Waals surface area contributed by atoms with Gasteiger partial charge in [0, 0.05) is 23.1 Å². The second-order valence-electron chi connectivity index (χ2n) is 5.21. The summed E-state index contributed by atoms with van der Waals surface area (Å²) in [5, 5.41) is 3.22. The van der Waals surface area contributed by atoms with Gasteiger partial charge in [0.15, 0.2) is 5.75 Å². The third-order valence-electron chi connectivity index (χ3n) is 3.74. The average molecular weight is 367 g/mol. The SMILES string of the molecule is CNC1CCN(c2ccc(Br)cc2OC(F)(F)F)C(C)C1. The van der Waals surface area contributed by atoms with E-state index in [0.717, 1.165) is 12.8 Å². The van der Waals surface area contributed by atoms with E-state index in [0.29, 0.717) is 22.7 Å². The van der Waals surface area contributed by atoms with Crippen LogP contribution >= 0.6 is 15.9 Å². The monoisotopic (exact) mass is 366 g/mol. The number of ether oxygens (including phenoxy) is 1. The molecule has 0 aromatic heterocycles. The highest BCUT2D eigenvalue weighted by atomic mass is 79.9. The van der Waals surface area contributed by atoms with E-state index in [9.17, 15) is 13.2 Å². The Morgan fingerprint density at radius 3 is 2.67 bits per heavy atom. The predicted octanol–water partition coefficient (Wildman–Crippen LogP) is 3.92. The first-order valence-corrected chi connectivity index (χ1v) is 7.58. The maximum Gasteiger partial charge on any atom is 0.573 e. The summed E-state index contributed by atoms with van der Waals surface area (Å²) in [6, 6.07) is 5.31. The van der Waals surface area contributed by atoms with Gasteiger partial charge < -0.3 is 15.0 Å². The summed E-state index contributed by atoms with van der Waals surface area (Å²) >= 11 is 3.19. The Kier molecular flexibility index (Phi) is 5.03. The highest BCUT2D eigenvalue weighted by molar-refractivity contribution is 9.10. The number of benzene rings is 1. The van der Waals surface area contributed by atoms with Gasteiger partial charge in [-0.05, 0) is 45.0 Å². The first-order valence-electron chi connectivity index (χ1n) is 6.79. The number of nitrogens with zero attached hydrogens (tertiary/aromatic N) is 1. The highest BCUT2D eigenvalue weighted by Crippen LogP contribution is 2.38. The van der Waals surface area contributed by atoms with Crippen LogP contribution in [-0.4, -0.2) is 32.0 Å². The average Bonchev–Trinajstić information content (AvgIpc) is 2.37. The van der Waals surface area contributed by atoms with Crippen LogP contribution in [0.4, 0.5) is 18.9 Å². The molecular formula is C14H18BrF3N2O. The molecular weight excluding hydrogens is 349 g/mol. The quantitative estimate of drug-likeness (QED) is 0.877. The maximum atomic E-state index is 12.6. The van der Waals surface area contributed by atoms with Crippen LogP contribution in [0.2, 0.25) is 0 Å². The maximum absolute atomic E-state index is 12.6. The number of rotatable bonds is 3. The molecule has 7 heteroatoms. The highest BCUT2D eigenvalue weighted by Gasteiger charge is 2.34. The molecule has 0 spiro atoms. The molecule has 118 valence electrons. The van der Waals surface area contributed by atoms with E-state index in [1.54, 1.807) is 12.1 Å². The Morgan fingerprint density at radius 1 is 1.38 bits per heavy atom. The molecule has 1 saturated heterocycles. The number of piperidine rings is 1. The molecule has 1 aliphatic rings. The molecule has 0 bridgehead atoms. The molecule has 1 fully saturated rings. The number of anilines is 1. The molecule has 2 unspecified atom stereocenters. The lowest BCUT2D eigenvalue weighted by molar-refractivity contribution is -0.274. The van der Waals surface area contributed by atoms with Gasteiger partial charge in [-0.1, -0.05) is 15.9 Å². The Morgan fingerprint density at radius 2 is 2.10 bits per heavy atom. The van der Waals surface area contributed by atoms with Crippen molar-refractivity contribution in [2.75, 3.05) is 18.5 Å². The van der Waals surface area contributed by atoms with Gasteiger partial charge in [0.05, 0.1) is 5.69 Å². The second-order valence-corrected chi connectivity index (χ2v) is 6.13. The Bertz CT molecular complexity index is 496. The molecule has 1 aromatic rings. The number of alkyl halides is 3. The minimum Gasteiger partial charge on any atom is -0.404 e. The molecule has 2 rings (SSSR count). The second kappa shape index (κ2) is 6.44. The normalized spacial score (nSPS) is 23.2. The first kappa shape index (κ1) is 16.4. The minimum atomic E-state index is -4.69. The van der Waals surface area contributed by atoms with Gasteiger partial charge in [-0.2, -0.15) is 0 Å². The van der Waals surface area contributed by atoms with Crippen LogP contribution in [-0.2, 0) is 0 Å². The molecule has 0 amide bonds. The molecule has 2 atom stereocenters. The van der Waals surface area contributed by atoms with Crippen LogP contribution < -0.4 is 15.0 Å². The van der Waals surface area contributed by atoms with E-state index in [2.05, 4.69) is 26.0 Å². The van der Waals surface area contributed by atoms with E-state index in [1.807, 2.05) is 18.9 Å². The standard InChI is InChI=1S/C14H18BrF3N2O/c1-9-7-11(19-2)5-6-20(9)12-4-3-10(15)8-13(12)21-14(16,17)18/h3-4,8-9,11,19H,5-7H2,1-2H3. The van der Waals surface area contributed by atoms with Gasteiger partial charge in [-0.3, -0.25) is 0 Å². The van der Waals surface area contributed by atoms with E-state index in [1.165, 1.54) is 6.07 Å². The van der Waals surface area contributed by atoms with Gasteiger partial charge in [0.1, 0.15) is 0 Å². The van der Waals surface area contributed by atoms with Crippen molar-refractivity contribution in [2.45, 2.75) is 38.2 Å². The molecule has 1 heterocycles. The van der Waals surface area contributed by atoms with Crippen LogP contribution in [0.15, 0.2) is 22.7 Å². The van der Waals surface area contributed by atoms with Crippen molar-refractivity contribution in [3.63, 3.8) is 0 Å². The fraction of sp³-hybridized carbons (Fsp3) is 0.571. The smallest absolute Gasteiger partial charge is 0.404 e. The van der Waals surface area contributed by atoms with Crippen LogP contribution in [0.25, 0.3) is 0 Å². The van der Waals surface area contributed by atoms with Gasteiger partial charge in [-0.15, -0.1) is 13.2 Å². The Hall–Kier alpha value is -0.950. The van der Waals surface area contributed by atoms with Crippen LogP contribution in [0.3, 0.4) is 0 Å². The van der Waals surface area contributed by atoms with Crippen molar-refractivity contribution in [1.82, 2.24) is 5.32 Å². The van der Waals surface area contributed by atoms with E-state index >= 15 is 0 Å². The largest absolute Gasteiger partial charge is 0.573 e. The molecule has 3 nitrogen and oxygen atoms in total. The molecule has 21 heavy (non-hydrogen) atoms. The van der Waals surface area contributed by atoms with E-state index in [-0.39, 0.29) is 11.8 Å². The Balaban J connectivity index is 2.26. The minimum absolute atomic E-state index is 0.146. The molecule has 1 aliphatic heterocycles. The molecule has 0 radical (unpaired) electrons. The summed E-state index contributed by atoms with van der Waals surface area (Å²) in [5.74, 6) is -0.161. The summed E-state index contributed by atoms with van der Waals surface area (Å²) < 4.78 is 42.4. The molecule has 0 aliphatic carbocycles. The number of nitrogens with one attached hydrogen (secondary N) is 1. The number of hydrogen-bond acceptors (Lipinski definition) is 3. The summed E-state index contributed by atoms with van der Waals surface area (Å²) in [5.41, 5.74) is 0.484. The predicted molar refractivity (Wildman–Crippen MR) is 79.7 cm³/mol. The Labute approximate surface area is 130 Å². The van der Waals surface area contributed by atoms with Crippen molar-refractivity contribution < 1.29 is 17.9 Å². The first-order chi connectivity index (χ1) is 9.80. The van der Waals surface area contributed by atoms with E-state index in [4.69, 9.17) is 0 Å². The fourth-order valence-corrected chi connectivity index (χ4v) is 3.06. The van der Waals surface area contributed by atoms with E-state index < -0.39 is 6.36 Å². The molecule has 1 aromatic carbocycles. The molecule has 1 N–H and O–H groups in total. The van der Waals surface area contributed by atoms with Gasteiger partial charge in [-0.25, -0.2) is 0 Å². The van der Waals surface area contributed by atoms with Crippen LogP contribution in [0.5, 0.6) is 5.75 Å².